The third-order valence-corrected chi connectivity index (χ3v) is 2.65. The second-order valence-corrected chi connectivity index (χ2v) is 3.32. The van der Waals surface area contributed by atoms with Gasteiger partial charge in [-0.1, -0.05) is 48.0 Å². The lowest BCUT2D eigenvalue weighted by molar-refractivity contribution is 1.18. The van der Waals surface area contributed by atoms with Gasteiger partial charge in [0.25, 0.3) is 0 Å². The van der Waals surface area contributed by atoms with E-state index in [9.17, 15) is 0 Å². The lowest BCUT2D eigenvalue weighted by Gasteiger charge is -2.07. The van der Waals surface area contributed by atoms with Gasteiger partial charge in [-0.05, 0) is 12.5 Å². The summed E-state index contributed by atoms with van der Waals surface area (Å²) in [7, 11) is 0. The van der Waals surface area contributed by atoms with Crippen LogP contribution in [-0.4, -0.2) is 0 Å². The molecule has 2 heteroatoms. The van der Waals surface area contributed by atoms with E-state index in [1.165, 1.54) is 0 Å². The van der Waals surface area contributed by atoms with Gasteiger partial charge in [-0.2, -0.15) is 0 Å². The number of alkyl halides is 1. The van der Waals surface area contributed by atoms with E-state index in [-0.39, 0.29) is 5.38 Å². The minimum atomic E-state index is -0.210. The molecule has 1 rings (SSSR count). The van der Waals surface area contributed by atoms with Crippen LogP contribution in [0.3, 0.4) is 0 Å². The molecule has 0 fully saturated rings. The van der Waals surface area contributed by atoms with Crippen molar-refractivity contribution in [2.75, 3.05) is 0 Å². The molecule has 0 amide bonds. The van der Waals surface area contributed by atoms with Crippen molar-refractivity contribution in [2.24, 2.45) is 0 Å². The largest absolute Gasteiger partial charge is 0.112 e. The van der Waals surface area contributed by atoms with Crippen LogP contribution in [0.1, 0.15) is 17.9 Å². The van der Waals surface area contributed by atoms with Crippen LogP contribution in [0.5, 0.6) is 0 Å². The van der Waals surface area contributed by atoms with E-state index >= 15 is 0 Å². The first kappa shape index (κ1) is 9.63. The predicted molar refractivity (Wildman–Crippen MR) is 54.6 cm³/mol. The van der Waals surface area contributed by atoms with Crippen molar-refractivity contribution >= 4 is 23.2 Å². The minimum absolute atomic E-state index is 0.210. The van der Waals surface area contributed by atoms with Gasteiger partial charge < -0.3 is 0 Å². The van der Waals surface area contributed by atoms with Crippen molar-refractivity contribution in [1.82, 2.24) is 0 Å². The summed E-state index contributed by atoms with van der Waals surface area (Å²) in [5.74, 6) is 0. The zero-order chi connectivity index (χ0) is 8.97. The first-order valence-electron chi connectivity index (χ1n) is 3.76. The molecule has 0 radical (unpaired) electrons. The Bertz CT molecular complexity index is 264. The van der Waals surface area contributed by atoms with E-state index in [2.05, 4.69) is 0 Å². The highest BCUT2D eigenvalue weighted by molar-refractivity contribution is 6.37. The topological polar surface area (TPSA) is 0 Å². The van der Waals surface area contributed by atoms with Crippen LogP contribution in [0.2, 0.25) is 0 Å². The Balaban J connectivity index is 2.86. The molecule has 0 nitrogen and oxygen atoms in total. The molecular weight excluding hydrogens is 191 g/mol. The smallest absolute Gasteiger partial charge is 0.0938 e. The molecule has 12 heavy (non-hydrogen) atoms. The molecule has 0 aliphatic heterocycles. The lowest BCUT2D eigenvalue weighted by atomic mass is 10.1. The van der Waals surface area contributed by atoms with Gasteiger partial charge in [0.1, 0.15) is 0 Å². The van der Waals surface area contributed by atoms with Crippen molar-refractivity contribution in [3.8, 4) is 0 Å². The molecule has 1 atom stereocenters. The molecule has 0 bridgehead atoms. The second kappa shape index (κ2) is 4.54. The summed E-state index contributed by atoms with van der Waals surface area (Å²) in [4.78, 5) is 0. The van der Waals surface area contributed by atoms with E-state index in [4.69, 9.17) is 23.2 Å². The van der Waals surface area contributed by atoms with Crippen molar-refractivity contribution in [2.45, 2.75) is 12.3 Å². The Morgan fingerprint density at radius 3 is 2.42 bits per heavy atom. The minimum Gasteiger partial charge on any atom is -0.112 e. The lowest BCUT2D eigenvalue weighted by Crippen LogP contribution is -1.88. The van der Waals surface area contributed by atoms with Crippen LogP contribution in [-0.2, 0) is 0 Å². The average Bonchev–Trinajstić information content (AvgIpc) is 2.17. The zero-order valence-corrected chi connectivity index (χ0v) is 8.31. The first-order valence-corrected chi connectivity index (χ1v) is 4.58. The summed E-state index contributed by atoms with van der Waals surface area (Å²) < 4.78 is 0. The normalized spacial score (nSPS) is 14.4. The van der Waals surface area contributed by atoms with Gasteiger partial charge in [0, 0.05) is 5.03 Å². The number of rotatable bonds is 2. The number of halogens is 2. The third-order valence-electron chi connectivity index (χ3n) is 1.61. The summed E-state index contributed by atoms with van der Waals surface area (Å²) in [6.07, 6.45) is 1.81. The third kappa shape index (κ3) is 2.26. The molecule has 0 spiro atoms. The zero-order valence-electron chi connectivity index (χ0n) is 6.80. The number of hydrogen-bond acceptors (Lipinski definition) is 0. The Labute approximate surface area is 82.8 Å². The Morgan fingerprint density at radius 2 is 1.92 bits per heavy atom. The Hall–Kier alpha value is -0.460. The van der Waals surface area contributed by atoms with Crippen molar-refractivity contribution in [3.05, 3.63) is 47.0 Å². The van der Waals surface area contributed by atoms with Gasteiger partial charge >= 0.3 is 0 Å². The molecule has 0 aromatic heterocycles. The Kier molecular flexibility index (Phi) is 3.64. The van der Waals surface area contributed by atoms with Crippen molar-refractivity contribution in [1.29, 1.82) is 0 Å². The van der Waals surface area contributed by atoms with Gasteiger partial charge in [0.15, 0.2) is 0 Å². The molecule has 0 aliphatic carbocycles. The number of benzene rings is 1. The van der Waals surface area contributed by atoms with Crippen LogP contribution in [0.4, 0.5) is 0 Å². The van der Waals surface area contributed by atoms with Crippen molar-refractivity contribution in [3.63, 3.8) is 0 Å². The average molecular weight is 201 g/mol. The van der Waals surface area contributed by atoms with E-state index < -0.39 is 0 Å². The maximum atomic E-state index is 6.06. The van der Waals surface area contributed by atoms with Gasteiger partial charge in [0.05, 0.1) is 5.38 Å². The highest BCUT2D eigenvalue weighted by Gasteiger charge is 2.09. The number of hydrogen-bond donors (Lipinski definition) is 0. The van der Waals surface area contributed by atoms with Crippen LogP contribution < -0.4 is 0 Å². The van der Waals surface area contributed by atoms with Gasteiger partial charge in [0.2, 0.25) is 0 Å². The molecule has 64 valence electrons. The quantitative estimate of drug-likeness (QED) is 0.631. The van der Waals surface area contributed by atoms with E-state index in [0.717, 1.165) is 5.56 Å². The maximum Gasteiger partial charge on any atom is 0.0938 e. The van der Waals surface area contributed by atoms with Crippen molar-refractivity contribution < 1.29 is 0 Å². The SMILES string of the molecule is C/C=C(/Cl)C(Cl)c1ccccc1. The summed E-state index contributed by atoms with van der Waals surface area (Å²) in [5, 5.41) is 0.459. The molecule has 0 aliphatic rings. The number of allylic oxidation sites excluding steroid dienone is 2. The summed E-state index contributed by atoms with van der Waals surface area (Å²) >= 11 is 11.9. The van der Waals surface area contributed by atoms with E-state index in [1.54, 1.807) is 0 Å². The fourth-order valence-electron chi connectivity index (χ4n) is 0.928. The maximum absolute atomic E-state index is 6.06. The van der Waals surface area contributed by atoms with E-state index in [0.29, 0.717) is 5.03 Å². The molecular formula is C10H10Cl2. The fraction of sp³-hybridized carbons (Fsp3) is 0.200. The second-order valence-electron chi connectivity index (χ2n) is 2.45. The molecule has 0 N–H and O–H groups in total. The summed E-state index contributed by atoms with van der Waals surface area (Å²) in [6.45, 7) is 1.88. The molecule has 0 saturated heterocycles. The first-order chi connectivity index (χ1) is 5.75. The molecule has 1 unspecified atom stereocenters. The molecule has 1 aromatic rings. The van der Waals surface area contributed by atoms with Gasteiger partial charge in [-0.25, -0.2) is 0 Å². The van der Waals surface area contributed by atoms with Crippen LogP contribution in [0.25, 0.3) is 0 Å². The molecule has 0 saturated carbocycles. The predicted octanol–water partition coefficient (Wildman–Crippen LogP) is 4.11. The summed E-state index contributed by atoms with van der Waals surface area (Å²) in [5.41, 5.74) is 1.03. The highest BCUT2D eigenvalue weighted by Crippen LogP contribution is 2.30. The Morgan fingerprint density at radius 1 is 1.33 bits per heavy atom. The monoisotopic (exact) mass is 200 g/mol. The standard InChI is InChI=1S/C10H10Cl2/c1-2-9(11)10(12)8-6-4-3-5-7-8/h2-7,10H,1H3/b9-2+. The van der Waals surface area contributed by atoms with E-state index in [1.807, 2.05) is 43.3 Å². The van der Waals surface area contributed by atoms with Crippen LogP contribution >= 0.6 is 23.2 Å². The van der Waals surface area contributed by atoms with Gasteiger partial charge in [-0.15, -0.1) is 11.6 Å². The van der Waals surface area contributed by atoms with Gasteiger partial charge in [-0.3, -0.25) is 0 Å². The molecule has 0 heterocycles. The fourth-order valence-corrected chi connectivity index (χ4v) is 1.33. The van der Waals surface area contributed by atoms with Crippen LogP contribution in [0, 0.1) is 0 Å². The molecule has 1 aromatic carbocycles. The summed E-state index contributed by atoms with van der Waals surface area (Å²) in [6, 6.07) is 9.78. The van der Waals surface area contributed by atoms with Crippen LogP contribution in [0.15, 0.2) is 41.4 Å². The highest BCUT2D eigenvalue weighted by atomic mass is 35.5.